The monoisotopic (exact) mass is 356 g/mol. The molecule has 0 aliphatic heterocycles. The van der Waals surface area contributed by atoms with Crippen LogP contribution in [0.25, 0.3) is 11.3 Å². The summed E-state index contributed by atoms with van der Waals surface area (Å²) in [7, 11) is 0. The Bertz CT molecular complexity index is 987. The minimum absolute atomic E-state index is 0.788. The minimum Gasteiger partial charge on any atom is -0.240 e. The molecule has 4 rings (SSSR count). The van der Waals surface area contributed by atoms with E-state index in [0.29, 0.717) is 0 Å². The largest absolute Gasteiger partial charge is 0.240 e. The van der Waals surface area contributed by atoms with Gasteiger partial charge in [-0.1, -0.05) is 54.6 Å². The number of fused-ring (bicyclic) bond motifs is 1. The van der Waals surface area contributed by atoms with Crippen LogP contribution in [0.4, 0.5) is 0 Å². The number of aryl methyl sites for hydroxylation is 1. The standard InChI is InChI=1S/C23H20N2S/c1-16-8-5-6-11-18(16)15-26-23-21(14-24)19-12-7-13-20(19)22(25-23)17-9-3-2-4-10-17/h2-6,8-11H,7,12-13,15H2,1H3. The number of rotatable bonds is 4. The molecular weight excluding hydrogens is 336 g/mol. The first kappa shape index (κ1) is 16.9. The third-order valence-electron chi connectivity index (χ3n) is 5.02. The maximum atomic E-state index is 9.79. The summed E-state index contributed by atoms with van der Waals surface area (Å²) in [6.07, 6.45) is 3.11. The Labute approximate surface area is 158 Å². The van der Waals surface area contributed by atoms with Crippen LogP contribution in [0.1, 0.15) is 34.2 Å². The molecule has 1 aromatic heterocycles. The second kappa shape index (κ2) is 7.35. The smallest absolute Gasteiger partial charge is 0.115 e. The third kappa shape index (κ3) is 3.13. The van der Waals surface area contributed by atoms with Gasteiger partial charge in [0, 0.05) is 11.3 Å². The lowest BCUT2D eigenvalue weighted by Gasteiger charge is -2.14. The average Bonchev–Trinajstić information content (AvgIpc) is 3.17. The Morgan fingerprint density at radius 2 is 1.73 bits per heavy atom. The molecule has 2 nitrogen and oxygen atoms in total. The van der Waals surface area contributed by atoms with E-state index in [1.807, 2.05) is 6.07 Å². The third-order valence-corrected chi connectivity index (χ3v) is 6.04. The van der Waals surface area contributed by atoms with E-state index in [9.17, 15) is 5.26 Å². The van der Waals surface area contributed by atoms with Crippen molar-refractivity contribution in [2.75, 3.05) is 0 Å². The highest BCUT2D eigenvalue weighted by Gasteiger charge is 2.24. The minimum atomic E-state index is 0.788. The molecule has 26 heavy (non-hydrogen) atoms. The fourth-order valence-corrected chi connectivity index (χ4v) is 4.69. The van der Waals surface area contributed by atoms with Crippen molar-refractivity contribution in [3.63, 3.8) is 0 Å². The van der Waals surface area contributed by atoms with Crippen molar-refractivity contribution in [2.24, 2.45) is 0 Å². The molecule has 3 heteroatoms. The highest BCUT2D eigenvalue weighted by atomic mass is 32.2. The van der Waals surface area contributed by atoms with Gasteiger partial charge in [-0.2, -0.15) is 5.26 Å². The molecule has 1 aliphatic rings. The molecule has 0 atom stereocenters. The van der Waals surface area contributed by atoms with E-state index in [4.69, 9.17) is 4.98 Å². The van der Waals surface area contributed by atoms with Gasteiger partial charge in [-0.3, -0.25) is 0 Å². The van der Waals surface area contributed by atoms with Crippen molar-refractivity contribution in [1.29, 1.82) is 5.26 Å². The van der Waals surface area contributed by atoms with Crippen molar-refractivity contribution in [3.05, 3.63) is 82.4 Å². The van der Waals surface area contributed by atoms with Crippen LogP contribution in [-0.4, -0.2) is 4.98 Å². The molecular formula is C23H20N2S. The van der Waals surface area contributed by atoms with Crippen molar-refractivity contribution >= 4 is 11.8 Å². The van der Waals surface area contributed by atoms with Crippen LogP contribution in [0.3, 0.4) is 0 Å². The van der Waals surface area contributed by atoms with Gasteiger partial charge in [-0.05, 0) is 48.4 Å². The Morgan fingerprint density at radius 1 is 1.00 bits per heavy atom. The van der Waals surface area contributed by atoms with E-state index in [-0.39, 0.29) is 0 Å². The summed E-state index contributed by atoms with van der Waals surface area (Å²) in [5, 5.41) is 10.7. The van der Waals surface area contributed by atoms with Crippen LogP contribution in [0, 0.1) is 18.3 Å². The molecule has 0 saturated carbocycles. The molecule has 0 fully saturated rings. The zero-order valence-corrected chi connectivity index (χ0v) is 15.6. The van der Waals surface area contributed by atoms with Crippen LogP contribution < -0.4 is 0 Å². The molecule has 0 saturated heterocycles. The number of hydrogen-bond acceptors (Lipinski definition) is 3. The second-order valence-electron chi connectivity index (χ2n) is 6.64. The van der Waals surface area contributed by atoms with Gasteiger partial charge in [0.05, 0.1) is 11.3 Å². The van der Waals surface area contributed by atoms with E-state index >= 15 is 0 Å². The summed E-state index contributed by atoms with van der Waals surface area (Å²) in [6, 6.07) is 21.2. The van der Waals surface area contributed by atoms with Gasteiger partial charge < -0.3 is 0 Å². The fourth-order valence-electron chi connectivity index (χ4n) is 3.61. The van der Waals surface area contributed by atoms with Crippen molar-refractivity contribution in [1.82, 2.24) is 4.98 Å². The highest BCUT2D eigenvalue weighted by Crippen LogP contribution is 2.38. The second-order valence-corrected chi connectivity index (χ2v) is 7.61. The van der Waals surface area contributed by atoms with Gasteiger partial charge in [-0.15, -0.1) is 11.8 Å². The van der Waals surface area contributed by atoms with Gasteiger partial charge >= 0.3 is 0 Å². The lowest BCUT2D eigenvalue weighted by molar-refractivity contribution is 0.910. The molecule has 0 N–H and O–H groups in total. The van der Waals surface area contributed by atoms with Crippen LogP contribution in [0.2, 0.25) is 0 Å². The molecule has 0 radical (unpaired) electrons. The van der Waals surface area contributed by atoms with Crippen LogP contribution in [0.5, 0.6) is 0 Å². The molecule has 1 aliphatic carbocycles. The molecule has 128 valence electrons. The van der Waals surface area contributed by atoms with E-state index in [0.717, 1.165) is 46.9 Å². The van der Waals surface area contributed by atoms with E-state index in [1.54, 1.807) is 11.8 Å². The van der Waals surface area contributed by atoms with Gasteiger partial charge in [0.25, 0.3) is 0 Å². The van der Waals surface area contributed by atoms with Gasteiger partial charge in [0.1, 0.15) is 11.1 Å². The summed E-state index contributed by atoms with van der Waals surface area (Å²) >= 11 is 1.68. The van der Waals surface area contributed by atoms with Crippen LogP contribution in [0.15, 0.2) is 59.6 Å². The number of aromatic nitrogens is 1. The molecule has 2 aromatic carbocycles. The lowest BCUT2D eigenvalue weighted by Crippen LogP contribution is -2.01. The zero-order valence-electron chi connectivity index (χ0n) is 14.8. The maximum Gasteiger partial charge on any atom is 0.115 e. The Hall–Kier alpha value is -2.57. The Balaban J connectivity index is 1.77. The Kier molecular flexibility index (Phi) is 4.77. The van der Waals surface area contributed by atoms with Crippen LogP contribution in [-0.2, 0) is 18.6 Å². The first-order valence-corrected chi connectivity index (χ1v) is 9.95. The van der Waals surface area contributed by atoms with Crippen molar-refractivity contribution < 1.29 is 0 Å². The zero-order chi connectivity index (χ0) is 17.9. The number of hydrogen-bond donors (Lipinski definition) is 0. The summed E-state index contributed by atoms with van der Waals surface area (Å²) in [5.74, 6) is 0.835. The van der Waals surface area contributed by atoms with Gasteiger partial charge in [-0.25, -0.2) is 4.98 Å². The molecule has 3 aromatic rings. The molecule has 1 heterocycles. The number of pyridine rings is 1. The quantitative estimate of drug-likeness (QED) is 0.562. The normalized spacial score (nSPS) is 12.6. The molecule has 0 amide bonds. The Morgan fingerprint density at radius 3 is 2.50 bits per heavy atom. The molecule has 0 unspecified atom stereocenters. The first-order valence-electron chi connectivity index (χ1n) is 8.96. The average molecular weight is 356 g/mol. The maximum absolute atomic E-state index is 9.79. The number of nitrogens with zero attached hydrogens (tertiary/aromatic N) is 2. The summed E-state index contributed by atoms with van der Waals surface area (Å²) in [6.45, 7) is 2.13. The first-order chi connectivity index (χ1) is 12.8. The lowest BCUT2D eigenvalue weighted by atomic mass is 10.00. The summed E-state index contributed by atoms with van der Waals surface area (Å²) < 4.78 is 0. The highest BCUT2D eigenvalue weighted by molar-refractivity contribution is 7.98. The fraction of sp³-hybridized carbons (Fsp3) is 0.217. The summed E-state index contributed by atoms with van der Waals surface area (Å²) in [4.78, 5) is 4.97. The molecule has 0 bridgehead atoms. The van der Waals surface area contributed by atoms with E-state index in [1.165, 1.54) is 22.3 Å². The predicted molar refractivity (Wildman–Crippen MR) is 107 cm³/mol. The predicted octanol–water partition coefficient (Wildman–Crippen LogP) is 5.71. The number of benzene rings is 2. The number of thioether (sulfide) groups is 1. The summed E-state index contributed by atoms with van der Waals surface area (Å²) in [5.41, 5.74) is 8.06. The van der Waals surface area contributed by atoms with Gasteiger partial charge in [0.2, 0.25) is 0 Å². The van der Waals surface area contributed by atoms with E-state index < -0.39 is 0 Å². The SMILES string of the molecule is Cc1ccccc1CSc1nc(-c2ccccc2)c2c(c1C#N)CCC2. The van der Waals surface area contributed by atoms with Crippen LogP contribution >= 0.6 is 11.8 Å². The van der Waals surface area contributed by atoms with Crippen molar-refractivity contribution in [2.45, 2.75) is 37.0 Å². The van der Waals surface area contributed by atoms with Gasteiger partial charge in [0.15, 0.2) is 0 Å². The number of nitriles is 1. The van der Waals surface area contributed by atoms with E-state index in [2.05, 4.69) is 61.5 Å². The topological polar surface area (TPSA) is 36.7 Å². The van der Waals surface area contributed by atoms with Crippen molar-refractivity contribution in [3.8, 4) is 17.3 Å². The molecule has 0 spiro atoms.